The summed E-state index contributed by atoms with van der Waals surface area (Å²) in [5.74, 6) is 0.617. The molecular weight excluding hydrogens is 369 g/mol. The molecule has 0 bridgehead atoms. The van der Waals surface area contributed by atoms with E-state index in [1.54, 1.807) is 7.11 Å². The molecule has 2 fully saturated rings. The van der Waals surface area contributed by atoms with E-state index in [1.807, 2.05) is 6.07 Å². The molecule has 0 aromatic heterocycles. The number of methoxy groups -OCH3 is 1. The second-order valence-electron chi connectivity index (χ2n) is 10.4. The summed E-state index contributed by atoms with van der Waals surface area (Å²) < 4.78 is 33.3. The van der Waals surface area contributed by atoms with Gasteiger partial charge in [0.05, 0.1) is 25.4 Å². The number of hydrogen-bond acceptors (Lipinski definition) is 4. The topological polar surface area (TPSA) is 30.9 Å². The Labute approximate surface area is 174 Å². The maximum Gasteiger partial charge on any atom is 0.197 e. The molecule has 3 aliphatic rings. The van der Waals surface area contributed by atoms with Crippen LogP contribution in [0.1, 0.15) is 77.0 Å². The summed E-state index contributed by atoms with van der Waals surface area (Å²) in [6, 6.07) is 2.26. The van der Waals surface area contributed by atoms with Gasteiger partial charge in [0.15, 0.2) is 17.3 Å². The predicted molar refractivity (Wildman–Crippen MR) is 112 cm³/mol. The highest BCUT2D eigenvalue weighted by Crippen LogP contribution is 2.46. The van der Waals surface area contributed by atoms with E-state index in [1.165, 1.54) is 6.42 Å². The van der Waals surface area contributed by atoms with E-state index in [0.717, 1.165) is 49.9 Å². The third-order valence-electron chi connectivity index (χ3n) is 6.84. The zero-order valence-electron chi connectivity index (χ0n) is 18.6. The number of rotatable bonds is 5. The van der Waals surface area contributed by atoms with E-state index >= 15 is 4.39 Å². The van der Waals surface area contributed by atoms with E-state index < -0.39 is 0 Å². The highest BCUT2D eigenvalue weighted by molar-refractivity contribution is 5.51. The lowest BCUT2D eigenvalue weighted by Gasteiger charge is -2.45. The summed E-state index contributed by atoms with van der Waals surface area (Å²) in [6.07, 6.45) is 6.46. The fourth-order valence-corrected chi connectivity index (χ4v) is 5.13. The Balaban J connectivity index is 1.55. The molecule has 1 aliphatic carbocycles. The van der Waals surface area contributed by atoms with Gasteiger partial charge in [0, 0.05) is 24.5 Å². The van der Waals surface area contributed by atoms with Crippen LogP contribution in [0, 0.1) is 11.2 Å². The second-order valence-corrected chi connectivity index (χ2v) is 10.4. The molecule has 2 unspecified atom stereocenters. The average Bonchev–Trinajstić information content (AvgIpc) is 2.63. The Bertz CT molecular complexity index is 753. The van der Waals surface area contributed by atoms with Gasteiger partial charge in [-0.15, -0.1) is 0 Å². The zero-order chi connectivity index (χ0) is 20.8. The smallest absolute Gasteiger partial charge is 0.197 e. The molecule has 1 saturated carbocycles. The molecule has 4 nitrogen and oxygen atoms in total. The second kappa shape index (κ2) is 7.73. The molecule has 162 valence electrons. The number of nitrogens with zero attached hydrogens (tertiary/aromatic N) is 1. The molecule has 2 heterocycles. The summed E-state index contributed by atoms with van der Waals surface area (Å²) in [4.78, 5) is 2.46. The SMILES string of the molecule is COc1cc2c(c(F)c1OCC1(C)CCC1)CCN1CC(OC(C)(C)C)CCC21. The van der Waals surface area contributed by atoms with Crippen molar-refractivity contribution in [1.82, 2.24) is 4.90 Å². The first-order chi connectivity index (χ1) is 13.7. The highest BCUT2D eigenvalue weighted by Gasteiger charge is 2.38. The molecule has 0 N–H and O–H groups in total. The van der Waals surface area contributed by atoms with E-state index in [4.69, 9.17) is 14.2 Å². The first-order valence-electron chi connectivity index (χ1n) is 11.1. The van der Waals surface area contributed by atoms with E-state index in [0.29, 0.717) is 24.5 Å². The van der Waals surface area contributed by atoms with Crippen LogP contribution in [0.4, 0.5) is 4.39 Å². The molecule has 2 atom stereocenters. The van der Waals surface area contributed by atoms with Crippen LogP contribution in [0.5, 0.6) is 11.5 Å². The van der Waals surface area contributed by atoms with Crippen LogP contribution >= 0.6 is 0 Å². The Morgan fingerprint density at radius 3 is 2.62 bits per heavy atom. The highest BCUT2D eigenvalue weighted by atomic mass is 19.1. The number of hydrogen-bond donors (Lipinski definition) is 0. The van der Waals surface area contributed by atoms with Gasteiger partial charge >= 0.3 is 0 Å². The lowest BCUT2D eigenvalue weighted by atomic mass is 9.71. The number of piperidine rings is 1. The molecule has 0 spiro atoms. The van der Waals surface area contributed by atoms with Gasteiger partial charge in [-0.1, -0.05) is 13.3 Å². The Morgan fingerprint density at radius 2 is 2.00 bits per heavy atom. The van der Waals surface area contributed by atoms with Crippen molar-refractivity contribution in [3.05, 3.63) is 23.0 Å². The monoisotopic (exact) mass is 405 g/mol. The maximum absolute atomic E-state index is 15.5. The standard InChI is InChI=1S/C24H36FNO3/c1-23(2,3)29-16-7-8-19-18-13-20(27-5)22(28-15-24(4)10-6-11-24)21(25)17(18)9-12-26(19)14-16/h13,16,19H,6-12,14-15H2,1-5H3. The van der Waals surface area contributed by atoms with Gasteiger partial charge in [0.2, 0.25) is 0 Å². The fourth-order valence-electron chi connectivity index (χ4n) is 5.13. The van der Waals surface area contributed by atoms with E-state index in [9.17, 15) is 0 Å². The van der Waals surface area contributed by atoms with Crippen LogP contribution in [-0.4, -0.2) is 43.4 Å². The van der Waals surface area contributed by atoms with Crippen molar-refractivity contribution in [1.29, 1.82) is 0 Å². The Kier molecular flexibility index (Phi) is 5.58. The number of ether oxygens (including phenoxy) is 3. The predicted octanol–water partition coefficient (Wildman–Crippen LogP) is 5.28. The molecule has 2 aliphatic heterocycles. The van der Waals surface area contributed by atoms with Crippen LogP contribution in [-0.2, 0) is 11.2 Å². The summed E-state index contributed by atoms with van der Waals surface area (Å²) in [6.45, 7) is 10.9. The zero-order valence-corrected chi connectivity index (χ0v) is 18.6. The van der Waals surface area contributed by atoms with Crippen molar-refractivity contribution in [2.24, 2.45) is 5.41 Å². The largest absolute Gasteiger partial charge is 0.493 e. The fraction of sp³-hybridized carbons (Fsp3) is 0.750. The third-order valence-corrected chi connectivity index (χ3v) is 6.84. The minimum absolute atomic E-state index is 0.135. The first-order valence-corrected chi connectivity index (χ1v) is 11.1. The number of fused-ring (bicyclic) bond motifs is 3. The maximum atomic E-state index is 15.5. The molecule has 0 radical (unpaired) electrons. The van der Waals surface area contributed by atoms with Gasteiger partial charge in [0.1, 0.15) is 0 Å². The molecule has 5 heteroatoms. The molecule has 1 aromatic carbocycles. The van der Waals surface area contributed by atoms with Gasteiger partial charge in [-0.25, -0.2) is 4.39 Å². The quantitative estimate of drug-likeness (QED) is 0.667. The van der Waals surface area contributed by atoms with Crippen LogP contribution in [0.3, 0.4) is 0 Å². The molecule has 1 saturated heterocycles. The van der Waals surface area contributed by atoms with Crippen molar-refractivity contribution in [2.45, 2.75) is 84.0 Å². The minimum Gasteiger partial charge on any atom is -0.493 e. The molecule has 0 amide bonds. The van der Waals surface area contributed by atoms with Gasteiger partial charge < -0.3 is 14.2 Å². The van der Waals surface area contributed by atoms with Gasteiger partial charge in [-0.05, 0) is 70.1 Å². The van der Waals surface area contributed by atoms with Crippen molar-refractivity contribution in [3.8, 4) is 11.5 Å². The lowest BCUT2D eigenvalue weighted by molar-refractivity contribution is -0.0972. The van der Waals surface area contributed by atoms with Gasteiger partial charge in [-0.2, -0.15) is 0 Å². The average molecular weight is 406 g/mol. The third kappa shape index (κ3) is 4.27. The first kappa shape index (κ1) is 20.9. The summed E-state index contributed by atoms with van der Waals surface area (Å²) in [5, 5.41) is 0. The molecule has 1 aromatic rings. The normalized spacial score (nSPS) is 26.3. The Morgan fingerprint density at radius 1 is 1.24 bits per heavy atom. The molecular formula is C24H36FNO3. The Hall–Kier alpha value is -1.33. The number of halogens is 1. The summed E-state index contributed by atoms with van der Waals surface area (Å²) in [5.41, 5.74) is 1.93. The van der Waals surface area contributed by atoms with E-state index in [2.05, 4.69) is 32.6 Å². The molecule has 29 heavy (non-hydrogen) atoms. The van der Waals surface area contributed by atoms with Crippen molar-refractivity contribution >= 4 is 0 Å². The summed E-state index contributed by atoms with van der Waals surface area (Å²) in [7, 11) is 1.60. The lowest BCUT2D eigenvalue weighted by Crippen LogP contribution is -2.47. The molecule has 4 rings (SSSR count). The van der Waals surface area contributed by atoms with Crippen molar-refractivity contribution < 1.29 is 18.6 Å². The summed E-state index contributed by atoms with van der Waals surface area (Å²) >= 11 is 0. The van der Waals surface area contributed by atoms with Gasteiger partial charge in [0.25, 0.3) is 0 Å². The van der Waals surface area contributed by atoms with Gasteiger partial charge in [-0.3, -0.25) is 4.90 Å². The van der Waals surface area contributed by atoms with E-state index in [-0.39, 0.29) is 29.0 Å². The van der Waals surface area contributed by atoms with Crippen LogP contribution < -0.4 is 9.47 Å². The van der Waals surface area contributed by atoms with Crippen molar-refractivity contribution in [2.75, 3.05) is 26.8 Å². The minimum atomic E-state index is -0.213. The van der Waals surface area contributed by atoms with Crippen LogP contribution in [0.15, 0.2) is 6.07 Å². The van der Waals surface area contributed by atoms with Crippen LogP contribution in [0.2, 0.25) is 0 Å². The van der Waals surface area contributed by atoms with Crippen molar-refractivity contribution in [3.63, 3.8) is 0 Å². The number of benzene rings is 1. The van der Waals surface area contributed by atoms with Crippen LogP contribution in [0.25, 0.3) is 0 Å².